The first kappa shape index (κ1) is 28.3. The number of anilines is 2. The van der Waals surface area contributed by atoms with Gasteiger partial charge in [0.1, 0.15) is 0 Å². The number of nitrogens with one attached hydrogen (secondary N) is 2. The van der Waals surface area contributed by atoms with Crippen molar-refractivity contribution in [1.82, 2.24) is 0 Å². The molecular weight excluding hydrogens is 550 g/mol. The fourth-order valence-electron chi connectivity index (χ4n) is 5.40. The van der Waals surface area contributed by atoms with E-state index in [0.717, 1.165) is 22.4 Å². The number of rotatable bonds is 10. The quantitative estimate of drug-likeness (QED) is 0.264. The molecule has 0 aromatic heterocycles. The number of urea groups is 1. The number of benzene rings is 2. The predicted octanol–water partition coefficient (Wildman–Crippen LogP) is 6.86. The average Bonchev–Trinajstić information content (AvgIpc) is 3.35. The van der Waals surface area contributed by atoms with E-state index in [1.165, 1.54) is 19.3 Å². The molecule has 3 N–H and O–H groups in total. The molecule has 2 aromatic carbocycles. The van der Waals surface area contributed by atoms with E-state index in [4.69, 9.17) is 9.47 Å². The van der Waals surface area contributed by atoms with E-state index >= 15 is 4.39 Å². The van der Waals surface area contributed by atoms with Gasteiger partial charge in [0, 0.05) is 0 Å². The van der Waals surface area contributed by atoms with Gasteiger partial charge in [-0.05, 0) is 0 Å². The summed E-state index contributed by atoms with van der Waals surface area (Å²) in [6, 6.07) is 8.07. The van der Waals surface area contributed by atoms with Crippen LogP contribution in [0.25, 0.3) is 0 Å². The third kappa shape index (κ3) is 7.02. The van der Waals surface area contributed by atoms with Gasteiger partial charge in [0.25, 0.3) is 0 Å². The van der Waals surface area contributed by atoms with E-state index in [9.17, 15) is 14.7 Å². The van der Waals surface area contributed by atoms with Gasteiger partial charge < -0.3 is 0 Å². The minimum absolute atomic E-state index is 0.144. The van der Waals surface area contributed by atoms with Crippen molar-refractivity contribution in [2.24, 2.45) is 5.92 Å². The van der Waals surface area contributed by atoms with Gasteiger partial charge in [-0.1, -0.05) is 0 Å². The molecule has 0 radical (unpaired) electrons. The Labute approximate surface area is 228 Å². The Bertz CT molecular complexity index is 1150. The molecule has 2 amide bonds. The van der Waals surface area contributed by atoms with Crippen LogP contribution in [-0.2, 0) is 4.79 Å². The number of carbonyl (C=O) groups excluding carboxylic acids is 1. The summed E-state index contributed by atoms with van der Waals surface area (Å²) in [5, 5.41) is 16.3. The molecule has 1 aliphatic heterocycles. The van der Waals surface area contributed by atoms with Crippen molar-refractivity contribution in [2.45, 2.75) is 81.5 Å². The Morgan fingerprint density at radius 3 is 2.50 bits per heavy atom. The van der Waals surface area contributed by atoms with Crippen LogP contribution in [0.1, 0.15) is 77.2 Å². The van der Waals surface area contributed by atoms with Gasteiger partial charge in [0.2, 0.25) is 0 Å². The van der Waals surface area contributed by atoms with Crippen molar-refractivity contribution >= 4 is 42.4 Å². The molecular formula is C29H38AsFN2O5. The first-order valence-corrected chi connectivity index (χ1v) is 16.9. The van der Waals surface area contributed by atoms with Crippen LogP contribution in [-0.4, -0.2) is 38.6 Å². The molecule has 9 heteroatoms. The topological polar surface area (TPSA) is 96.9 Å². The summed E-state index contributed by atoms with van der Waals surface area (Å²) in [7, 11) is 0. The summed E-state index contributed by atoms with van der Waals surface area (Å²) in [5.74, 6) is -0.154. The zero-order chi connectivity index (χ0) is 27.2. The van der Waals surface area contributed by atoms with E-state index in [0.29, 0.717) is 45.5 Å². The second kappa shape index (κ2) is 12.9. The molecule has 0 spiro atoms. The van der Waals surface area contributed by atoms with E-state index in [2.05, 4.69) is 24.5 Å². The van der Waals surface area contributed by atoms with Crippen molar-refractivity contribution in [1.29, 1.82) is 0 Å². The normalized spacial score (nSPS) is 16.8. The third-order valence-electron chi connectivity index (χ3n) is 7.23. The first-order chi connectivity index (χ1) is 18.2. The number of fused-ring (bicyclic) bond motifs is 1. The molecule has 38 heavy (non-hydrogen) atoms. The van der Waals surface area contributed by atoms with E-state index in [-0.39, 0.29) is 19.0 Å². The van der Waals surface area contributed by atoms with Gasteiger partial charge in [0.15, 0.2) is 0 Å². The number of carboxylic acids is 1. The summed E-state index contributed by atoms with van der Waals surface area (Å²) in [4.78, 5) is 24.7. The van der Waals surface area contributed by atoms with Gasteiger partial charge in [-0.15, -0.1) is 0 Å². The second-order valence-electron chi connectivity index (χ2n) is 10.6. The van der Waals surface area contributed by atoms with Gasteiger partial charge in [-0.3, -0.25) is 0 Å². The molecule has 1 saturated carbocycles. The van der Waals surface area contributed by atoms with Crippen LogP contribution in [0.3, 0.4) is 0 Å². The summed E-state index contributed by atoms with van der Waals surface area (Å²) in [5.41, 5.74) is 1.51. The third-order valence-corrected chi connectivity index (χ3v) is 14.6. The molecule has 2 atom stereocenters. The number of hydrogen-bond donors (Lipinski definition) is 3. The zero-order valence-electron chi connectivity index (χ0n) is 22.4. The van der Waals surface area contributed by atoms with Gasteiger partial charge >= 0.3 is 229 Å². The molecule has 1 heterocycles. The summed E-state index contributed by atoms with van der Waals surface area (Å²) in [6.45, 7) is 6.41. The van der Waals surface area contributed by atoms with Crippen molar-refractivity contribution in [3.63, 3.8) is 0 Å². The summed E-state index contributed by atoms with van der Waals surface area (Å²) in [6.07, 6.45) is 6.25. The van der Waals surface area contributed by atoms with E-state index in [1.54, 1.807) is 30.3 Å². The standard InChI is InChI=1S/C29H38AsFN2O5/c1-4-19(12-28(34)35)22-14-25(33-29(36)32-21-10-11-26-27(13-21)38-17-37-26)23(15-24(22)31)30(16-18(2)3)20-8-6-5-7-9-20/h10-11,13-15,18-20H,4-9,12,16-17H2,1-3H3,(H,34,35)(H2,32,33,36). The average molecular weight is 589 g/mol. The Morgan fingerprint density at radius 1 is 1.08 bits per heavy atom. The van der Waals surface area contributed by atoms with Crippen LogP contribution in [0.4, 0.5) is 20.6 Å². The maximum absolute atomic E-state index is 15.7. The number of carboxylic acid groups (broad SMARTS) is 1. The van der Waals surface area contributed by atoms with Crippen molar-refractivity contribution in [3.05, 3.63) is 41.7 Å². The van der Waals surface area contributed by atoms with E-state index < -0.39 is 32.6 Å². The molecule has 2 aliphatic rings. The fraction of sp³-hybridized carbons (Fsp3) is 0.517. The molecule has 1 fully saturated rings. The molecule has 1 aliphatic carbocycles. The van der Waals surface area contributed by atoms with Crippen LogP contribution in [0.5, 0.6) is 11.5 Å². The van der Waals surface area contributed by atoms with Crippen molar-refractivity contribution < 1.29 is 28.6 Å². The molecule has 4 rings (SSSR count). The fourth-order valence-corrected chi connectivity index (χ4v) is 12.5. The number of hydrogen-bond acceptors (Lipinski definition) is 4. The van der Waals surface area contributed by atoms with Crippen LogP contribution >= 0.6 is 0 Å². The van der Waals surface area contributed by atoms with Crippen LogP contribution < -0.4 is 24.5 Å². The van der Waals surface area contributed by atoms with Crippen molar-refractivity contribution in [2.75, 3.05) is 17.4 Å². The number of aliphatic carboxylic acids is 1. The van der Waals surface area contributed by atoms with Gasteiger partial charge in [-0.2, -0.15) is 0 Å². The second-order valence-corrected chi connectivity index (χ2v) is 15.9. The monoisotopic (exact) mass is 588 g/mol. The van der Waals surface area contributed by atoms with Gasteiger partial charge in [-0.25, -0.2) is 0 Å². The Hall–Kier alpha value is -2.73. The molecule has 2 unspecified atom stereocenters. The minimum atomic E-state index is -1.77. The van der Waals surface area contributed by atoms with E-state index in [1.807, 2.05) is 6.92 Å². The molecule has 7 nitrogen and oxygen atoms in total. The molecule has 0 saturated heterocycles. The number of ether oxygens (including phenoxy) is 2. The van der Waals surface area contributed by atoms with Crippen LogP contribution in [0.15, 0.2) is 30.3 Å². The van der Waals surface area contributed by atoms with Crippen LogP contribution in [0.2, 0.25) is 9.91 Å². The summed E-state index contributed by atoms with van der Waals surface area (Å²) < 4.78 is 27.9. The van der Waals surface area contributed by atoms with Crippen LogP contribution in [0, 0.1) is 11.7 Å². The molecule has 0 bridgehead atoms. The maximum atomic E-state index is 15.7. The Balaban J connectivity index is 1.69. The summed E-state index contributed by atoms with van der Waals surface area (Å²) >= 11 is -1.77. The molecule has 2 aromatic rings. The SMILES string of the molecule is CCC(CC(=O)O)c1cc(NC(=O)Nc2ccc3c(c2)OCO3)c([As](CC(C)C)C2CCCCC2)cc1F. The van der Waals surface area contributed by atoms with Crippen molar-refractivity contribution in [3.8, 4) is 11.5 Å². The number of amides is 2. The first-order valence-electron chi connectivity index (χ1n) is 13.5. The Kier molecular flexibility index (Phi) is 9.58. The van der Waals surface area contributed by atoms with Gasteiger partial charge in [0.05, 0.1) is 0 Å². The number of carbonyl (C=O) groups is 2. The zero-order valence-corrected chi connectivity index (χ0v) is 24.3. The molecule has 206 valence electrons. The number of halogens is 1. The Morgan fingerprint density at radius 2 is 1.82 bits per heavy atom. The predicted molar refractivity (Wildman–Crippen MR) is 149 cm³/mol.